The molecule has 1 aliphatic rings. The monoisotopic (exact) mass is 459 g/mol. The normalized spacial score (nSPS) is 25.8. The van der Waals surface area contributed by atoms with E-state index in [9.17, 15) is 38.1 Å². The zero-order valence-corrected chi connectivity index (χ0v) is 16.1. The summed E-state index contributed by atoms with van der Waals surface area (Å²) in [6.07, 6.45) is -11.8. The number of hydrogen-bond acceptors (Lipinski definition) is 12. The summed E-state index contributed by atoms with van der Waals surface area (Å²) in [6.45, 7) is -0.0507. The van der Waals surface area contributed by atoms with Crippen LogP contribution in [0.3, 0.4) is 0 Å². The lowest BCUT2D eigenvalue weighted by molar-refractivity contribution is -0.243. The average molecular weight is 459 g/mol. The first-order valence-corrected chi connectivity index (χ1v) is 9.47. The largest absolute Gasteiger partial charge is 0.475 e. The topological polar surface area (TPSA) is 246 Å². The number of aliphatic carboxylic acids is 1. The van der Waals surface area contributed by atoms with Gasteiger partial charge in [-0.3, -0.25) is 9.35 Å². The van der Waals surface area contributed by atoms with E-state index < -0.39 is 77.5 Å². The van der Waals surface area contributed by atoms with Gasteiger partial charge in [0.25, 0.3) is 0 Å². The van der Waals surface area contributed by atoms with Crippen LogP contribution >= 0.6 is 0 Å². The molecule has 0 spiro atoms. The Bertz CT molecular complexity index is 767. The van der Waals surface area contributed by atoms with Crippen molar-refractivity contribution in [3.05, 3.63) is 11.8 Å². The highest BCUT2D eigenvalue weighted by Crippen LogP contribution is 2.26. The fourth-order valence-corrected chi connectivity index (χ4v) is 2.89. The SMILES string of the molecule is CC(=O)N[C@@H](C=O)[C@@H](O[C@@H]1OC(C(=O)O)=C[C@H](O)[C@H]1OS(=O)(=O)O)[C@@H](O)[C@H](O)CO. The maximum absolute atomic E-state index is 11.4. The summed E-state index contributed by atoms with van der Waals surface area (Å²) in [6, 6.07) is -1.72. The fraction of sp³-hybridized carbons (Fsp3) is 0.643. The Balaban J connectivity index is 3.34. The minimum atomic E-state index is -5.24. The van der Waals surface area contributed by atoms with Crippen LogP contribution in [-0.4, -0.2) is 106 Å². The first kappa shape index (κ1) is 25.9. The summed E-state index contributed by atoms with van der Waals surface area (Å²) >= 11 is 0. The molecule has 7 N–H and O–H groups in total. The summed E-state index contributed by atoms with van der Waals surface area (Å²) in [5.74, 6) is -3.47. The van der Waals surface area contributed by atoms with E-state index in [1.807, 2.05) is 5.32 Å². The molecule has 0 aromatic rings. The van der Waals surface area contributed by atoms with Gasteiger partial charge in [0, 0.05) is 6.92 Å². The molecule has 1 aliphatic heterocycles. The van der Waals surface area contributed by atoms with Crippen molar-refractivity contribution in [3.8, 4) is 0 Å². The van der Waals surface area contributed by atoms with Gasteiger partial charge in [-0.2, -0.15) is 8.42 Å². The Morgan fingerprint density at radius 1 is 1.37 bits per heavy atom. The number of carbonyl (C=O) groups is 3. The predicted octanol–water partition coefficient (Wildman–Crippen LogP) is -4.34. The van der Waals surface area contributed by atoms with Crippen LogP contribution in [-0.2, 0) is 38.4 Å². The molecule has 0 fully saturated rings. The maximum atomic E-state index is 11.4. The highest BCUT2D eigenvalue weighted by molar-refractivity contribution is 7.80. The quantitative estimate of drug-likeness (QED) is 0.114. The number of aliphatic hydroxyl groups is 4. The zero-order valence-electron chi connectivity index (χ0n) is 15.3. The van der Waals surface area contributed by atoms with E-state index in [-0.39, 0.29) is 6.29 Å². The van der Waals surface area contributed by atoms with Gasteiger partial charge in [0.05, 0.1) is 6.61 Å². The van der Waals surface area contributed by atoms with Crippen LogP contribution in [0.5, 0.6) is 0 Å². The first-order valence-electron chi connectivity index (χ1n) is 8.11. The van der Waals surface area contributed by atoms with Crippen LogP contribution in [0.15, 0.2) is 11.8 Å². The van der Waals surface area contributed by atoms with E-state index in [2.05, 4.69) is 4.18 Å². The Kier molecular flexibility index (Phi) is 9.25. The van der Waals surface area contributed by atoms with Crippen molar-refractivity contribution in [1.82, 2.24) is 5.32 Å². The van der Waals surface area contributed by atoms with E-state index in [0.29, 0.717) is 6.08 Å². The van der Waals surface area contributed by atoms with Crippen LogP contribution in [0.25, 0.3) is 0 Å². The molecule has 0 unspecified atom stereocenters. The smallest absolute Gasteiger partial charge is 0.397 e. The number of aldehydes is 1. The molecule has 7 atom stereocenters. The number of rotatable bonds is 11. The van der Waals surface area contributed by atoms with Crippen molar-refractivity contribution in [3.63, 3.8) is 0 Å². The number of nitrogens with one attached hydrogen (secondary N) is 1. The molecule has 15 nitrogen and oxygen atoms in total. The van der Waals surface area contributed by atoms with Gasteiger partial charge in [-0.05, 0) is 6.08 Å². The Labute approximate surface area is 169 Å². The van der Waals surface area contributed by atoms with Gasteiger partial charge in [0.1, 0.15) is 36.7 Å². The zero-order chi connectivity index (χ0) is 23.2. The molecule has 0 radical (unpaired) electrons. The molecule has 0 aliphatic carbocycles. The Morgan fingerprint density at radius 2 is 1.97 bits per heavy atom. The first-order chi connectivity index (χ1) is 13.8. The molecule has 0 aromatic heterocycles. The number of hydrogen-bond donors (Lipinski definition) is 7. The van der Waals surface area contributed by atoms with E-state index in [1.165, 1.54) is 0 Å². The predicted molar refractivity (Wildman–Crippen MR) is 90.7 cm³/mol. The third kappa shape index (κ3) is 7.26. The van der Waals surface area contributed by atoms with Gasteiger partial charge >= 0.3 is 16.4 Å². The summed E-state index contributed by atoms with van der Waals surface area (Å²) in [5, 5.41) is 49.9. The lowest BCUT2D eigenvalue weighted by atomic mass is 10.0. The number of carboxylic acids is 1. The van der Waals surface area contributed by atoms with Crippen LogP contribution in [0.2, 0.25) is 0 Å². The van der Waals surface area contributed by atoms with Crippen molar-refractivity contribution in [2.45, 2.75) is 49.8 Å². The van der Waals surface area contributed by atoms with Crippen molar-refractivity contribution in [2.24, 2.45) is 0 Å². The molecule has 16 heteroatoms. The number of carbonyl (C=O) groups excluding carboxylic acids is 2. The minimum Gasteiger partial charge on any atom is -0.475 e. The Hall–Kier alpha value is -2.18. The van der Waals surface area contributed by atoms with Gasteiger partial charge in [-0.15, -0.1) is 0 Å². The highest BCUT2D eigenvalue weighted by Gasteiger charge is 2.45. The van der Waals surface area contributed by atoms with Crippen LogP contribution < -0.4 is 5.32 Å². The van der Waals surface area contributed by atoms with E-state index in [1.54, 1.807) is 0 Å². The van der Waals surface area contributed by atoms with Gasteiger partial charge in [0.2, 0.25) is 18.0 Å². The summed E-state index contributed by atoms with van der Waals surface area (Å²) in [5.41, 5.74) is 0. The molecular formula is C14H21NO14S. The summed E-state index contributed by atoms with van der Waals surface area (Å²) in [7, 11) is -5.24. The fourth-order valence-electron chi connectivity index (χ4n) is 2.40. The second-order valence-electron chi connectivity index (χ2n) is 6.01. The third-order valence-electron chi connectivity index (χ3n) is 3.69. The van der Waals surface area contributed by atoms with Crippen molar-refractivity contribution >= 4 is 28.6 Å². The van der Waals surface area contributed by atoms with Crippen LogP contribution in [0, 0.1) is 0 Å². The molecule has 1 rings (SSSR count). The van der Waals surface area contributed by atoms with Crippen molar-refractivity contribution in [1.29, 1.82) is 0 Å². The standard InChI is InChI=1S/C14H21NO14S/c1-5(18)15-6(3-16)11(10(21)8(20)4-17)28-14-12(29-30(24,25)26)7(19)2-9(27-14)13(22)23/h2-3,6-8,10-12,14,17,19-21H,4H2,1H3,(H,15,18)(H,22,23)(H,24,25,26)/t6-,7-,8+,10-,11+,12+,14-/m0/s1. The number of aliphatic hydroxyl groups excluding tert-OH is 4. The molecule has 30 heavy (non-hydrogen) atoms. The van der Waals surface area contributed by atoms with Crippen LogP contribution in [0.4, 0.5) is 0 Å². The third-order valence-corrected chi connectivity index (χ3v) is 4.16. The molecule has 1 amide bonds. The molecule has 1 heterocycles. The minimum absolute atomic E-state index is 0.0607. The van der Waals surface area contributed by atoms with Gasteiger partial charge in [-0.1, -0.05) is 0 Å². The lowest BCUT2D eigenvalue weighted by Crippen LogP contribution is -2.58. The summed E-state index contributed by atoms with van der Waals surface area (Å²) < 4.78 is 45.3. The van der Waals surface area contributed by atoms with Crippen molar-refractivity contribution in [2.75, 3.05) is 6.61 Å². The molecule has 0 aromatic carbocycles. The molecule has 0 bridgehead atoms. The number of amides is 1. The maximum Gasteiger partial charge on any atom is 0.397 e. The van der Waals surface area contributed by atoms with Gasteiger partial charge < -0.3 is 45.1 Å². The van der Waals surface area contributed by atoms with Crippen LogP contribution in [0.1, 0.15) is 6.92 Å². The molecule has 0 saturated heterocycles. The van der Waals surface area contributed by atoms with Gasteiger partial charge in [-0.25, -0.2) is 8.98 Å². The van der Waals surface area contributed by atoms with E-state index in [4.69, 9.17) is 24.2 Å². The highest BCUT2D eigenvalue weighted by atomic mass is 32.3. The average Bonchev–Trinajstić information content (AvgIpc) is 2.64. The number of ether oxygens (including phenoxy) is 2. The molecule has 172 valence electrons. The van der Waals surface area contributed by atoms with E-state index >= 15 is 0 Å². The van der Waals surface area contributed by atoms with Gasteiger partial charge in [0.15, 0.2) is 6.10 Å². The molecule has 0 saturated carbocycles. The molecular weight excluding hydrogens is 438 g/mol. The second kappa shape index (κ2) is 10.7. The lowest BCUT2D eigenvalue weighted by Gasteiger charge is -2.37. The number of carboxylic acid groups (broad SMARTS) is 1. The van der Waals surface area contributed by atoms with E-state index in [0.717, 1.165) is 6.92 Å². The second-order valence-corrected chi connectivity index (χ2v) is 7.05. The van der Waals surface area contributed by atoms with Crippen molar-refractivity contribution < 1.29 is 66.5 Å². The summed E-state index contributed by atoms with van der Waals surface area (Å²) in [4.78, 5) is 33.8. The Morgan fingerprint density at radius 3 is 2.40 bits per heavy atom.